The van der Waals surface area contributed by atoms with Crippen molar-refractivity contribution in [2.75, 3.05) is 6.54 Å². The van der Waals surface area contributed by atoms with E-state index in [2.05, 4.69) is 10.6 Å². The number of carbonyl (C=O) groups is 1. The van der Waals surface area contributed by atoms with E-state index in [1.54, 1.807) is 13.8 Å². The van der Waals surface area contributed by atoms with Gasteiger partial charge in [-0.25, -0.2) is 0 Å². The summed E-state index contributed by atoms with van der Waals surface area (Å²) in [6.45, 7) is 8.00. The zero-order chi connectivity index (χ0) is 12.4. The minimum atomic E-state index is -0.806. The lowest BCUT2D eigenvalue weighted by Gasteiger charge is -2.38. The maximum atomic E-state index is 11.4. The van der Waals surface area contributed by atoms with Crippen LogP contribution in [0, 0.1) is 0 Å². The third-order valence-corrected chi connectivity index (χ3v) is 3.39. The van der Waals surface area contributed by atoms with E-state index < -0.39 is 11.1 Å². The molecule has 16 heavy (non-hydrogen) atoms. The summed E-state index contributed by atoms with van der Waals surface area (Å²) in [4.78, 5) is 11.4. The molecule has 0 aromatic heterocycles. The molecule has 4 heteroatoms. The second-order valence-corrected chi connectivity index (χ2v) is 5.70. The average molecular weight is 228 g/mol. The summed E-state index contributed by atoms with van der Waals surface area (Å²) < 4.78 is 0. The first kappa shape index (κ1) is 13.5. The van der Waals surface area contributed by atoms with Crippen molar-refractivity contribution in [1.29, 1.82) is 0 Å². The quantitative estimate of drug-likeness (QED) is 0.630. The lowest BCUT2D eigenvalue weighted by molar-refractivity contribution is -0.121. The standard InChI is InChI=1S/C12H24N2O2/c1-11(2,12(3,4)16)13-8-7-10(15)14-9-5-6-9/h9,13,16H,5-8H2,1-4H3,(H,14,15). The van der Waals surface area contributed by atoms with Gasteiger partial charge in [0, 0.05) is 24.5 Å². The van der Waals surface area contributed by atoms with Crippen LogP contribution in [-0.2, 0) is 4.79 Å². The summed E-state index contributed by atoms with van der Waals surface area (Å²) in [5.41, 5.74) is -1.20. The van der Waals surface area contributed by atoms with Crippen molar-refractivity contribution in [3.8, 4) is 0 Å². The van der Waals surface area contributed by atoms with Crippen LogP contribution in [0.1, 0.15) is 47.0 Å². The van der Waals surface area contributed by atoms with Crippen molar-refractivity contribution in [1.82, 2.24) is 10.6 Å². The lowest BCUT2D eigenvalue weighted by atomic mass is 9.86. The number of carbonyl (C=O) groups excluding carboxylic acids is 1. The first-order chi connectivity index (χ1) is 7.22. The summed E-state index contributed by atoms with van der Waals surface area (Å²) in [5, 5.41) is 16.1. The Morgan fingerprint density at radius 3 is 2.31 bits per heavy atom. The average Bonchev–Trinajstić information content (AvgIpc) is 2.85. The van der Waals surface area contributed by atoms with Gasteiger partial charge in [-0.3, -0.25) is 4.79 Å². The molecule has 94 valence electrons. The molecule has 1 aliphatic carbocycles. The molecular formula is C12H24N2O2. The van der Waals surface area contributed by atoms with Gasteiger partial charge in [0.05, 0.1) is 5.60 Å². The van der Waals surface area contributed by atoms with E-state index >= 15 is 0 Å². The molecule has 1 amide bonds. The summed E-state index contributed by atoms with van der Waals surface area (Å²) in [6, 6.07) is 0.426. The van der Waals surface area contributed by atoms with E-state index in [1.165, 1.54) is 0 Å². The molecule has 0 saturated heterocycles. The van der Waals surface area contributed by atoms with Crippen LogP contribution in [0.3, 0.4) is 0 Å². The highest BCUT2D eigenvalue weighted by molar-refractivity contribution is 5.76. The molecule has 0 bridgehead atoms. The molecule has 0 unspecified atom stereocenters. The molecule has 0 aromatic rings. The Bertz CT molecular complexity index is 252. The highest BCUT2D eigenvalue weighted by atomic mass is 16.3. The molecule has 1 aliphatic rings. The zero-order valence-electron chi connectivity index (χ0n) is 10.8. The first-order valence-electron chi connectivity index (χ1n) is 5.99. The van der Waals surface area contributed by atoms with Crippen LogP contribution in [0.15, 0.2) is 0 Å². The van der Waals surface area contributed by atoms with Gasteiger partial charge in [-0.15, -0.1) is 0 Å². The van der Waals surface area contributed by atoms with E-state index in [9.17, 15) is 9.90 Å². The second kappa shape index (κ2) is 4.72. The normalized spacial score (nSPS) is 17.3. The minimum Gasteiger partial charge on any atom is -0.389 e. The largest absolute Gasteiger partial charge is 0.389 e. The molecule has 1 saturated carbocycles. The highest BCUT2D eigenvalue weighted by Crippen LogP contribution is 2.20. The lowest BCUT2D eigenvalue weighted by Crippen LogP contribution is -2.56. The molecule has 0 heterocycles. The fourth-order valence-electron chi connectivity index (χ4n) is 1.23. The third kappa shape index (κ3) is 4.10. The van der Waals surface area contributed by atoms with Gasteiger partial charge in [0.1, 0.15) is 0 Å². The molecule has 3 N–H and O–H groups in total. The maximum Gasteiger partial charge on any atom is 0.221 e. The van der Waals surface area contributed by atoms with Crippen molar-refractivity contribution in [3.05, 3.63) is 0 Å². The number of hydrogen-bond donors (Lipinski definition) is 3. The SMILES string of the molecule is CC(C)(O)C(C)(C)NCCC(=O)NC1CC1. The van der Waals surface area contributed by atoms with E-state index in [1.807, 2.05) is 13.8 Å². The molecule has 0 aromatic carbocycles. The van der Waals surface area contributed by atoms with Crippen molar-refractivity contribution in [2.24, 2.45) is 0 Å². The van der Waals surface area contributed by atoms with Gasteiger partial charge in [0.2, 0.25) is 5.91 Å². The fourth-order valence-corrected chi connectivity index (χ4v) is 1.23. The Morgan fingerprint density at radius 2 is 1.88 bits per heavy atom. The van der Waals surface area contributed by atoms with Crippen LogP contribution in [0.25, 0.3) is 0 Å². The van der Waals surface area contributed by atoms with Crippen molar-refractivity contribution >= 4 is 5.91 Å². The van der Waals surface area contributed by atoms with Gasteiger partial charge in [0.25, 0.3) is 0 Å². The Balaban J connectivity index is 2.20. The molecule has 0 aliphatic heterocycles. The Hall–Kier alpha value is -0.610. The van der Waals surface area contributed by atoms with Gasteiger partial charge in [0.15, 0.2) is 0 Å². The number of rotatable bonds is 6. The predicted octanol–water partition coefficient (Wildman–Crippen LogP) is 0.794. The predicted molar refractivity (Wildman–Crippen MR) is 64.2 cm³/mol. The maximum absolute atomic E-state index is 11.4. The molecule has 0 atom stereocenters. The summed E-state index contributed by atoms with van der Waals surface area (Å²) in [6.07, 6.45) is 2.71. The molecule has 4 nitrogen and oxygen atoms in total. The topological polar surface area (TPSA) is 61.4 Å². The van der Waals surface area contributed by atoms with Gasteiger partial charge >= 0.3 is 0 Å². The van der Waals surface area contributed by atoms with Crippen LogP contribution in [0.4, 0.5) is 0 Å². The van der Waals surface area contributed by atoms with Gasteiger partial charge in [-0.05, 0) is 40.5 Å². The van der Waals surface area contributed by atoms with Crippen LogP contribution in [0.5, 0.6) is 0 Å². The van der Waals surface area contributed by atoms with Crippen molar-refractivity contribution in [3.63, 3.8) is 0 Å². The van der Waals surface area contributed by atoms with Crippen LogP contribution in [0.2, 0.25) is 0 Å². The highest BCUT2D eigenvalue weighted by Gasteiger charge is 2.34. The monoisotopic (exact) mass is 228 g/mol. The zero-order valence-corrected chi connectivity index (χ0v) is 10.8. The van der Waals surface area contributed by atoms with E-state index in [0.29, 0.717) is 19.0 Å². The Labute approximate surface area is 97.8 Å². The summed E-state index contributed by atoms with van der Waals surface area (Å²) in [7, 11) is 0. The molecule has 0 radical (unpaired) electrons. The van der Waals surface area contributed by atoms with Gasteiger partial charge in [-0.1, -0.05) is 0 Å². The molecule has 1 fully saturated rings. The van der Waals surface area contributed by atoms with Gasteiger partial charge in [-0.2, -0.15) is 0 Å². The van der Waals surface area contributed by atoms with Crippen molar-refractivity contribution in [2.45, 2.75) is 64.1 Å². The smallest absolute Gasteiger partial charge is 0.221 e. The van der Waals surface area contributed by atoms with E-state index in [-0.39, 0.29) is 5.91 Å². The summed E-state index contributed by atoms with van der Waals surface area (Å²) >= 11 is 0. The number of amides is 1. The minimum absolute atomic E-state index is 0.0987. The van der Waals surface area contributed by atoms with Crippen molar-refractivity contribution < 1.29 is 9.90 Å². The van der Waals surface area contributed by atoms with E-state index in [4.69, 9.17) is 0 Å². The molecule has 1 rings (SSSR count). The Kier molecular flexibility index (Phi) is 3.97. The fraction of sp³-hybridized carbons (Fsp3) is 0.917. The first-order valence-corrected chi connectivity index (χ1v) is 5.99. The summed E-state index contributed by atoms with van der Waals surface area (Å²) in [5.74, 6) is 0.0987. The Morgan fingerprint density at radius 1 is 1.31 bits per heavy atom. The molecule has 0 spiro atoms. The number of aliphatic hydroxyl groups is 1. The van der Waals surface area contributed by atoms with Crippen LogP contribution >= 0.6 is 0 Å². The second-order valence-electron chi connectivity index (χ2n) is 5.70. The molecular weight excluding hydrogens is 204 g/mol. The van der Waals surface area contributed by atoms with Crippen LogP contribution < -0.4 is 10.6 Å². The number of hydrogen-bond acceptors (Lipinski definition) is 3. The number of nitrogens with one attached hydrogen (secondary N) is 2. The van der Waals surface area contributed by atoms with Crippen LogP contribution in [-0.4, -0.2) is 34.7 Å². The van der Waals surface area contributed by atoms with Gasteiger partial charge < -0.3 is 15.7 Å². The third-order valence-electron chi connectivity index (χ3n) is 3.39. The van der Waals surface area contributed by atoms with E-state index in [0.717, 1.165) is 12.8 Å².